The zero-order valence-corrected chi connectivity index (χ0v) is 21.4. The average molecular weight is 570 g/mol. The molecule has 6 rings (SSSR count). The van der Waals surface area contributed by atoms with Gasteiger partial charge in [0.05, 0.1) is 11.0 Å². The summed E-state index contributed by atoms with van der Waals surface area (Å²) in [6.45, 7) is 2.64. The molecule has 4 fully saturated rings. The number of rotatable bonds is 8. The Morgan fingerprint density at radius 3 is 2.08 bits per heavy atom. The van der Waals surface area contributed by atoms with Crippen LogP contribution in [0.15, 0.2) is 48.5 Å². The Morgan fingerprint density at radius 2 is 1.57 bits per heavy atom. The topological polar surface area (TPSA) is 70.7 Å². The molecule has 3 heterocycles. The molecule has 3 aliphatic heterocycles. The Bertz CT molecular complexity index is 1220. The fourth-order valence-electron chi connectivity index (χ4n) is 5.73. The lowest BCUT2D eigenvalue weighted by Gasteiger charge is -2.45. The van der Waals surface area contributed by atoms with Crippen LogP contribution in [0.4, 0.5) is 26.3 Å². The fraction of sp³-hybridized carbons (Fsp3) is 0.500. The highest BCUT2D eigenvalue weighted by molar-refractivity contribution is 5.95. The maximum absolute atomic E-state index is 13.5. The van der Waals surface area contributed by atoms with Crippen molar-refractivity contribution in [1.29, 1.82) is 0 Å². The van der Waals surface area contributed by atoms with Crippen LogP contribution in [0.5, 0.6) is 5.75 Å². The third kappa shape index (κ3) is 6.37. The summed E-state index contributed by atoms with van der Waals surface area (Å²) in [4.78, 5) is 29.2. The Balaban J connectivity index is 1.32. The first kappa shape index (κ1) is 28.3. The Hall–Kier alpha value is -3.28. The van der Waals surface area contributed by atoms with Crippen molar-refractivity contribution in [1.82, 2.24) is 15.5 Å². The minimum Gasteiger partial charge on any atom is -0.406 e. The summed E-state index contributed by atoms with van der Waals surface area (Å²) in [5, 5.41) is 5.85. The summed E-state index contributed by atoms with van der Waals surface area (Å²) in [6.07, 6.45) is -6.58. The molecule has 4 aliphatic rings. The van der Waals surface area contributed by atoms with Crippen molar-refractivity contribution in [3.8, 4) is 5.75 Å². The van der Waals surface area contributed by atoms with Crippen molar-refractivity contribution in [3.05, 3.63) is 65.2 Å². The first-order chi connectivity index (χ1) is 18.8. The minimum atomic E-state index is -4.84. The lowest BCUT2D eigenvalue weighted by atomic mass is 9.84. The average Bonchev–Trinajstić information content (AvgIpc) is 3.70. The molecule has 2 N–H and O–H groups in total. The van der Waals surface area contributed by atoms with E-state index in [4.69, 9.17) is 0 Å². The Kier molecular flexibility index (Phi) is 7.49. The largest absolute Gasteiger partial charge is 0.573 e. The summed E-state index contributed by atoms with van der Waals surface area (Å²) >= 11 is 0. The normalized spacial score (nSPS) is 24.2. The standard InChI is InChI=1S/C28H29F6N3O3/c29-27(30,31)20-3-1-17(2-4-20)15-22(24(38)35-23-16-37-13-9-18(23)10-14-37)36-25(39)26(11-12-26)19-5-7-21(8-6-19)40-28(32,33)34/h1-8,18,22-23H,9-16H2,(H,35,38)(H,36,39)/t22-,23?/m0/s1. The maximum Gasteiger partial charge on any atom is 0.573 e. The number of hydrogen-bond acceptors (Lipinski definition) is 4. The second-order valence-electron chi connectivity index (χ2n) is 10.8. The summed E-state index contributed by atoms with van der Waals surface area (Å²) in [5.74, 6) is -0.970. The molecule has 2 atom stereocenters. The number of alkyl halides is 6. The van der Waals surface area contributed by atoms with E-state index in [-0.39, 0.29) is 12.5 Å². The number of halogens is 6. The van der Waals surface area contributed by atoms with Crippen LogP contribution in [0.3, 0.4) is 0 Å². The minimum absolute atomic E-state index is 0.0226. The van der Waals surface area contributed by atoms with Gasteiger partial charge in [-0.2, -0.15) is 13.2 Å². The third-order valence-electron chi connectivity index (χ3n) is 8.15. The van der Waals surface area contributed by atoms with Crippen molar-refractivity contribution >= 4 is 11.8 Å². The highest BCUT2D eigenvalue weighted by Gasteiger charge is 2.52. The number of ether oxygens (including phenoxy) is 1. The van der Waals surface area contributed by atoms with Gasteiger partial charge in [-0.1, -0.05) is 24.3 Å². The number of hydrogen-bond donors (Lipinski definition) is 2. The molecule has 2 amide bonds. The van der Waals surface area contributed by atoms with Crippen LogP contribution in [0.1, 0.15) is 42.4 Å². The van der Waals surface area contributed by atoms with Crippen molar-refractivity contribution in [2.45, 2.75) is 62.1 Å². The van der Waals surface area contributed by atoms with Crippen LogP contribution in [-0.2, 0) is 27.6 Å². The summed E-state index contributed by atoms with van der Waals surface area (Å²) in [7, 11) is 0. The molecular formula is C28H29F6N3O3. The van der Waals surface area contributed by atoms with Gasteiger partial charge in [-0.25, -0.2) is 0 Å². The zero-order chi connectivity index (χ0) is 28.7. The number of benzene rings is 2. The van der Waals surface area contributed by atoms with E-state index in [2.05, 4.69) is 20.3 Å². The lowest BCUT2D eigenvalue weighted by Crippen LogP contribution is -2.60. The van der Waals surface area contributed by atoms with Crippen LogP contribution in [0.25, 0.3) is 0 Å². The number of nitrogens with zero attached hydrogens (tertiary/aromatic N) is 1. The van der Waals surface area contributed by atoms with Crippen LogP contribution in [0.2, 0.25) is 0 Å². The van der Waals surface area contributed by atoms with E-state index in [1.54, 1.807) is 0 Å². The second kappa shape index (κ2) is 10.6. The highest BCUT2D eigenvalue weighted by Crippen LogP contribution is 2.49. The zero-order valence-electron chi connectivity index (χ0n) is 21.4. The first-order valence-electron chi connectivity index (χ1n) is 13.2. The van der Waals surface area contributed by atoms with Gasteiger partial charge in [0.25, 0.3) is 0 Å². The van der Waals surface area contributed by atoms with Crippen molar-refractivity contribution in [2.75, 3.05) is 19.6 Å². The molecule has 0 radical (unpaired) electrons. The van der Waals surface area contributed by atoms with Gasteiger partial charge in [-0.05, 0) is 80.1 Å². The fourth-order valence-corrected chi connectivity index (χ4v) is 5.73. The first-order valence-corrected chi connectivity index (χ1v) is 13.2. The molecule has 40 heavy (non-hydrogen) atoms. The summed E-state index contributed by atoms with van der Waals surface area (Å²) < 4.78 is 80.6. The molecule has 2 bridgehead atoms. The van der Waals surface area contributed by atoms with E-state index < -0.39 is 47.1 Å². The molecular weight excluding hydrogens is 540 g/mol. The van der Waals surface area contributed by atoms with E-state index >= 15 is 0 Å². The molecule has 1 unspecified atom stereocenters. The van der Waals surface area contributed by atoms with Gasteiger partial charge in [0.2, 0.25) is 11.8 Å². The van der Waals surface area contributed by atoms with Gasteiger partial charge < -0.3 is 20.3 Å². The van der Waals surface area contributed by atoms with Crippen LogP contribution >= 0.6 is 0 Å². The number of fused-ring (bicyclic) bond motifs is 3. The van der Waals surface area contributed by atoms with Crippen LogP contribution in [0, 0.1) is 5.92 Å². The molecule has 0 aromatic heterocycles. The molecule has 216 valence electrons. The molecule has 2 aromatic rings. The van der Waals surface area contributed by atoms with Gasteiger partial charge in [0.15, 0.2) is 0 Å². The quantitative estimate of drug-likeness (QED) is 0.457. The predicted molar refractivity (Wildman–Crippen MR) is 132 cm³/mol. The molecule has 1 aliphatic carbocycles. The van der Waals surface area contributed by atoms with Gasteiger partial charge in [-0.3, -0.25) is 9.59 Å². The second-order valence-corrected chi connectivity index (χ2v) is 10.8. The van der Waals surface area contributed by atoms with Crippen molar-refractivity contribution in [3.63, 3.8) is 0 Å². The smallest absolute Gasteiger partial charge is 0.406 e. The molecule has 12 heteroatoms. The van der Waals surface area contributed by atoms with Gasteiger partial charge in [-0.15, -0.1) is 13.2 Å². The molecule has 2 aromatic carbocycles. The molecule has 3 saturated heterocycles. The monoisotopic (exact) mass is 569 g/mol. The van der Waals surface area contributed by atoms with E-state index in [0.717, 1.165) is 50.2 Å². The maximum atomic E-state index is 13.5. The number of piperidine rings is 3. The lowest BCUT2D eigenvalue weighted by molar-refractivity contribution is -0.274. The van der Waals surface area contributed by atoms with E-state index in [9.17, 15) is 35.9 Å². The van der Waals surface area contributed by atoms with Gasteiger partial charge >= 0.3 is 12.5 Å². The summed E-state index contributed by atoms with van der Waals surface area (Å²) in [5.41, 5.74) is -0.889. The molecule has 1 saturated carbocycles. The van der Waals surface area contributed by atoms with E-state index in [1.807, 2.05) is 0 Å². The SMILES string of the molecule is O=C(NC1CN2CCC1CC2)[C@H](Cc1ccc(C(F)(F)F)cc1)NC(=O)C1(c2ccc(OC(F)(F)F)cc2)CC1. The van der Waals surface area contributed by atoms with E-state index in [1.165, 1.54) is 24.3 Å². The molecule has 0 spiro atoms. The number of carbonyl (C=O) groups excluding carboxylic acids is 2. The van der Waals surface area contributed by atoms with Crippen LogP contribution < -0.4 is 15.4 Å². The third-order valence-corrected chi connectivity index (χ3v) is 8.15. The number of nitrogens with one attached hydrogen (secondary N) is 2. The van der Waals surface area contributed by atoms with Gasteiger partial charge in [0.1, 0.15) is 11.8 Å². The highest BCUT2D eigenvalue weighted by atomic mass is 19.4. The number of carbonyl (C=O) groups is 2. The van der Waals surface area contributed by atoms with Crippen molar-refractivity contribution in [2.24, 2.45) is 5.92 Å². The Labute approximate surface area is 227 Å². The molecule has 6 nitrogen and oxygen atoms in total. The number of amides is 2. The van der Waals surface area contributed by atoms with Crippen molar-refractivity contribution < 1.29 is 40.7 Å². The van der Waals surface area contributed by atoms with E-state index in [0.29, 0.717) is 36.4 Å². The van der Waals surface area contributed by atoms with Crippen LogP contribution in [-0.4, -0.2) is 54.8 Å². The van der Waals surface area contributed by atoms with Gasteiger partial charge in [0, 0.05) is 19.0 Å². The predicted octanol–water partition coefficient (Wildman–Crippen LogP) is 4.57. The summed E-state index contributed by atoms with van der Waals surface area (Å²) in [6, 6.07) is 8.37. The Morgan fingerprint density at radius 1 is 0.950 bits per heavy atom.